The second kappa shape index (κ2) is 7.79. The van der Waals surface area contributed by atoms with Crippen molar-refractivity contribution in [3.63, 3.8) is 0 Å². The van der Waals surface area contributed by atoms with Crippen LogP contribution in [0.15, 0.2) is 30.9 Å². The van der Waals surface area contributed by atoms with Crippen LogP contribution in [0, 0.1) is 11.8 Å². The second-order valence-corrected chi connectivity index (χ2v) is 8.73. The quantitative estimate of drug-likeness (QED) is 0.800. The van der Waals surface area contributed by atoms with Crippen molar-refractivity contribution in [2.45, 2.75) is 37.8 Å². The molecule has 2 aromatic rings. The Kier molecular flexibility index (Phi) is 4.98. The Labute approximate surface area is 175 Å². The molecule has 2 aliphatic heterocycles. The van der Waals surface area contributed by atoms with Crippen LogP contribution >= 0.6 is 0 Å². The largest absolute Gasteiger partial charge is 0.351 e. The van der Waals surface area contributed by atoms with Crippen molar-refractivity contribution in [2.24, 2.45) is 11.8 Å². The number of nitrogens with one attached hydrogen (secondary N) is 1. The van der Waals surface area contributed by atoms with E-state index in [1.54, 1.807) is 23.3 Å². The lowest BCUT2D eigenvalue weighted by Crippen LogP contribution is -2.56. The van der Waals surface area contributed by atoms with Crippen LogP contribution < -0.4 is 5.32 Å². The molecular formula is C21H27N7O2. The minimum absolute atomic E-state index is 0.00586. The molecule has 3 fully saturated rings. The molecule has 5 rings (SSSR count). The van der Waals surface area contributed by atoms with Gasteiger partial charge in [-0.15, -0.1) is 10.2 Å². The minimum Gasteiger partial charge on any atom is -0.351 e. The Morgan fingerprint density at radius 3 is 2.47 bits per heavy atom. The molecule has 9 heteroatoms. The Morgan fingerprint density at radius 2 is 1.80 bits per heavy atom. The minimum atomic E-state index is -0.0536. The van der Waals surface area contributed by atoms with Gasteiger partial charge in [-0.1, -0.05) is 6.07 Å². The molecule has 4 heterocycles. The van der Waals surface area contributed by atoms with Crippen molar-refractivity contribution in [3.8, 4) is 5.82 Å². The fourth-order valence-corrected chi connectivity index (χ4v) is 5.29. The van der Waals surface area contributed by atoms with Gasteiger partial charge in [0.15, 0.2) is 0 Å². The van der Waals surface area contributed by atoms with E-state index in [0.717, 1.165) is 32.2 Å². The van der Waals surface area contributed by atoms with E-state index >= 15 is 0 Å². The summed E-state index contributed by atoms with van der Waals surface area (Å²) in [6, 6.07) is 5.57. The number of fused-ring (bicyclic) bond motifs is 2. The van der Waals surface area contributed by atoms with E-state index < -0.39 is 0 Å². The van der Waals surface area contributed by atoms with Gasteiger partial charge in [0.2, 0.25) is 5.91 Å². The molecule has 4 atom stereocenters. The Balaban J connectivity index is 1.26. The fourth-order valence-electron chi connectivity index (χ4n) is 5.29. The molecule has 1 N–H and O–H groups in total. The summed E-state index contributed by atoms with van der Waals surface area (Å²) < 4.78 is 1.68. The lowest BCUT2D eigenvalue weighted by Gasteiger charge is -2.39. The monoisotopic (exact) mass is 409 g/mol. The zero-order chi connectivity index (χ0) is 20.7. The standard InChI is InChI=1S/C21H27N7O2/c1-26-9-3-5-17(26)20(29)25-19-14-7-8-15(19)11-27(10-14)21(30)16-4-2-6-18(24-16)28-12-22-23-13-28/h2,4,6,12-15,17,19H,3,5,7-11H2,1H3,(H,25,29)/t14-,15+,17-,19?/m0/s1. The number of piperidine rings is 1. The Hall–Kier alpha value is -2.81. The molecule has 1 aliphatic carbocycles. The number of pyridine rings is 1. The Bertz CT molecular complexity index is 917. The number of likely N-dealkylation sites (tertiary alicyclic amines) is 2. The van der Waals surface area contributed by atoms with Crippen molar-refractivity contribution in [3.05, 3.63) is 36.5 Å². The smallest absolute Gasteiger partial charge is 0.272 e. The van der Waals surface area contributed by atoms with Crippen molar-refractivity contribution in [1.29, 1.82) is 0 Å². The molecule has 0 radical (unpaired) electrons. The van der Waals surface area contributed by atoms with E-state index in [2.05, 4.69) is 25.4 Å². The van der Waals surface area contributed by atoms with Gasteiger partial charge >= 0.3 is 0 Å². The molecule has 0 spiro atoms. The van der Waals surface area contributed by atoms with Gasteiger partial charge in [0.25, 0.3) is 5.91 Å². The Morgan fingerprint density at radius 1 is 1.07 bits per heavy atom. The topological polar surface area (TPSA) is 96.2 Å². The third-order valence-corrected chi connectivity index (χ3v) is 6.89. The molecule has 2 saturated heterocycles. The molecule has 1 unspecified atom stereocenters. The zero-order valence-corrected chi connectivity index (χ0v) is 17.1. The van der Waals surface area contributed by atoms with E-state index in [0.29, 0.717) is 36.4 Å². The summed E-state index contributed by atoms with van der Waals surface area (Å²) in [4.78, 5) is 34.5. The molecule has 158 valence electrons. The number of nitrogens with zero attached hydrogens (tertiary/aromatic N) is 6. The van der Waals surface area contributed by atoms with Gasteiger partial charge in [-0.25, -0.2) is 4.98 Å². The molecule has 2 amide bonds. The lowest BCUT2D eigenvalue weighted by molar-refractivity contribution is -0.126. The number of carbonyl (C=O) groups is 2. The van der Waals surface area contributed by atoms with Crippen molar-refractivity contribution < 1.29 is 9.59 Å². The molecular weight excluding hydrogens is 382 g/mol. The number of likely N-dealkylation sites (N-methyl/N-ethyl adjacent to an activating group) is 1. The van der Waals surface area contributed by atoms with Crippen LogP contribution in [-0.2, 0) is 4.79 Å². The van der Waals surface area contributed by atoms with Crippen LogP contribution in [0.25, 0.3) is 5.82 Å². The summed E-state index contributed by atoms with van der Waals surface area (Å²) in [6.45, 7) is 2.32. The summed E-state index contributed by atoms with van der Waals surface area (Å²) in [5.41, 5.74) is 0.427. The maximum atomic E-state index is 13.2. The van der Waals surface area contributed by atoms with Crippen LogP contribution in [0.4, 0.5) is 0 Å². The summed E-state index contributed by atoms with van der Waals surface area (Å²) in [6.07, 6.45) is 7.24. The van der Waals surface area contributed by atoms with Gasteiger partial charge in [-0.3, -0.25) is 19.1 Å². The predicted molar refractivity (Wildman–Crippen MR) is 109 cm³/mol. The van der Waals surface area contributed by atoms with Crippen LogP contribution in [0.2, 0.25) is 0 Å². The van der Waals surface area contributed by atoms with Crippen LogP contribution in [0.3, 0.4) is 0 Å². The van der Waals surface area contributed by atoms with Crippen LogP contribution in [0.5, 0.6) is 0 Å². The number of hydrogen-bond acceptors (Lipinski definition) is 6. The maximum Gasteiger partial charge on any atom is 0.272 e. The summed E-state index contributed by atoms with van der Waals surface area (Å²) in [5.74, 6) is 1.34. The average molecular weight is 409 g/mol. The van der Waals surface area contributed by atoms with Crippen LogP contribution in [0.1, 0.15) is 36.2 Å². The molecule has 30 heavy (non-hydrogen) atoms. The van der Waals surface area contributed by atoms with Crippen molar-refractivity contribution in [2.75, 3.05) is 26.7 Å². The van der Waals surface area contributed by atoms with Gasteiger partial charge in [-0.05, 0) is 63.2 Å². The number of hydrogen-bond donors (Lipinski definition) is 1. The second-order valence-electron chi connectivity index (χ2n) is 8.73. The maximum absolute atomic E-state index is 13.2. The molecule has 3 aliphatic rings. The van der Waals surface area contributed by atoms with Gasteiger partial charge in [-0.2, -0.15) is 0 Å². The SMILES string of the molecule is CN1CCC[C@H]1C(=O)NC1[C@@H]2CC[C@H]1CN(C(=O)c1cccc(-n3cnnc3)n1)C2. The first-order chi connectivity index (χ1) is 14.6. The predicted octanol–water partition coefficient (Wildman–Crippen LogP) is 0.723. The summed E-state index contributed by atoms with van der Waals surface area (Å²) in [7, 11) is 2.02. The normalized spacial score (nSPS) is 28.6. The van der Waals surface area contributed by atoms with E-state index in [1.807, 2.05) is 24.1 Å². The highest BCUT2D eigenvalue weighted by molar-refractivity contribution is 5.92. The van der Waals surface area contributed by atoms with E-state index in [1.165, 1.54) is 0 Å². The molecule has 0 aromatic carbocycles. The van der Waals surface area contributed by atoms with E-state index in [9.17, 15) is 9.59 Å². The molecule has 2 bridgehead atoms. The van der Waals surface area contributed by atoms with Gasteiger partial charge in [0, 0.05) is 19.1 Å². The first-order valence-electron chi connectivity index (χ1n) is 10.7. The van der Waals surface area contributed by atoms with Gasteiger partial charge < -0.3 is 10.2 Å². The number of amides is 2. The third-order valence-electron chi connectivity index (χ3n) is 6.89. The number of rotatable bonds is 4. The number of carbonyl (C=O) groups excluding carboxylic acids is 2. The zero-order valence-electron chi connectivity index (χ0n) is 17.1. The first kappa shape index (κ1) is 19.2. The third kappa shape index (κ3) is 3.47. The number of aromatic nitrogens is 4. The van der Waals surface area contributed by atoms with Crippen LogP contribution in [-0.4, -0.2) is 80.1 Å². The lowest BCUT2D eigenvalue weighted by atomic mass is 9.91. The van der Waals surface area contributed by atoms with Crippen molar-refractivity contribution in [1.82, 2.24) is 34.9 Å². The highest BCUT2D eigenvalue weighted by Gasteiger charge is 2.45. The molecule has 2 aromatic heterocycles. The first-order valence-corrected chi connectivity index (χ1v) is 10.7. The van der Waals surface area contributed by atoms with Gasteiger partial charge in [0.05, 0.1) is 6.04 Å². The highest BCUT2D eigenvalue weighted by Crippen LogP contribution is 2.37. The van der Waals surface area contributed by atoms with Gasteiger partial charge in [0.1, 0.15) is 24.2 Å². The summed E-state index contributed by atoms with van der Waals surface area (Å²) in [5, 5.41) is 10.9. The van der Waals surface area contributed by atoms with E-state index in [-0.39, 0.29) is 23.9 Å². The van der Waals surface area contributed by atoms with E-state index in [4.69, 9.17) is 0 Å². The highest BCUT2D eigenvalue weighted by atomic mass is 16.2. The average Bonchev–Trinajstić information content (AvgIpc) is 3.48. The van der Waals surface area contributed by atoms with Crippen molar-refractivity contribution >= 4 is 11.8 Å². The fraction of sp³-hybridized carbons (Fsp3) is 0.571. The summed E-state index contributed by atoms with van der Waals surface area (Å²) >= 11 is 0. The molecule has 1 saturated carbocycles. The molecule has 9 nitrogen and oxygen atoms in total.